The van der Waals surface area contributed by atoms with E-state index in [1.165, 1.54) is 11.3 Å². The molecule has 0 radical (unpaired) electrons. The fourth-order valence-corrected chi connectivity index (χ4v) is 4.51. The number of fused-ring (bicyclic) bond motifs is 1. The molecule has 4 aromatic rings. The van der Waals surface area contributed by atoms with Gasteiger partial charge in [0.25, 0.3) is 5.91 Å². The largest absolute Gasteiger partial charge is 0.494 e. The third-order valence-electron chi connectivity index (χ3n) is 4.62. The summed E-state index contributed by atoms with van der Waals surface area (Å²) in [7, 11) is 1.63. The van der Waals surface area contributed by atoms with Crippen molar-refractivity contribution >= 4 is 44.4 Å². The normalized spacial score (nSPS) is 11.0. The molecule has 0 spiro atoms. The maximum absolute atomic E-state index is 13.4. The summed E-state index contributed by atoms with van der Waals surface area (Å²) < 4.78 is 12.0. The van der Waals surface area contributed by atoms with Crippen molar-refractivity contribution in [1.29, 1.82) is 0 Å². The summed E-state index contributed by atoms with van der Waals surface area (Å²) in [6, 6.07) is 15.2. The van der Waals surface area contributed by atoms with Crippen LogP contribution in [0.2, 0.25) is 0 Å². The summed E-state index contributed by atoms with van der Waals surface area (Å²) in [5.74, 6) is 1.27. The van der Waals surface area contributed by atoms with Crippen LogP contribution in [0, 0.1) is 6.92 Å². The Bertz CT molecular complexity index is 1140. The Balaban J connectivity index is 1.79. The number of hydrogen-bond acceptors (Lipinski definition) is 6. The Morgan fingerprint density at radius 3 is 2.66 bits per heavy atom. The molecule has 0 bridgehead atoms. The zero-order chi connectivity index (χ0) is 20.4. The molecule has 2 aromatic heterocycles. The van der Waals surface area contributed by atoms with Gasteiger partial charge in [0.05, 0.1) is 24.6 Å². The molecule has 0 fully saturated rings. The van der Waals surface area contributed by atoms with Gasteiger partial charge in [-0.2, -0.15) is 0 Å². The van der Waals surface area contributed by atoms with Crippen LogP contribution in [0.4, 0.5) is 5.13 Å². The number of thiazole rings is 1. The number of ether oxygens (including phenoxy) is 1. The van der Waals surface area contributed by atoms with Gasteiger partial charge in [0.1, 0.15) is 17.0 Å². The van der Waals surface area contributed by atoms with Gasteiger partial charge in [-0.05, 0) is 61.2 Å². The smallest absolute Gasteiger partial charge is 0.260 e. The molecule has 29 heavy (non-hydrogen) atoms. The first-order valence-corrected chi connectivity index (χ1v) is 11.1. The molecular formula is C22H20N2O3S2. The van der Waals surface area contributed by atoms with Gasteiger partial charge >= 0.3 is 0 Å². The molecule has 0 aliphatic carbocycles. The molecule has 0 aliphatic heterocycles. The van der Waals surface area contributed by atoms with Crippen molar-refractivity contribution in [3.8, 4) is 5.75 Å². The average molecular weight is 425 g/mol. The third kappa shape index (κ3) is 3.88. The van der Waals surface area contributed by atoms with Crippen LogP contribution in [0.1, 0.15) is 21.7 Å². The molecule has 5 nitrogen and oxygen atoms in total. The van der Waals surface area contributed by atoms with Crippen LogP contribution in [0.15, 0.2) is 64.1 Å². The van der Waals surface area contributed by atoms with Gasteiger partial charge in [-0.25, -0.2) is 4.98 Å². The fraction of sp³-hybridized carbons (Fsp3) is 0.182. The Morgan fingerprint density at radius 2 is 2.00 bits per heavy atom. The van der Waals surface area contributed by atoms with Gasteiger partial charge in [0.2, 0.25) is 0 Å². The van der Waals surface area contributed by atoms with Crippen LogP contribution in [0.5, 0.6) is 5.75 Å². The maximum Gasteiger partial charge on any atom is 0.260 e. The van der Waals surface area contributed by atoms with Crippen molar-refractivity contribution in [2.24, 2.45) is 0 Å². The molecular weight excluding hydrogens is 404 g/mol. The number of aromatic nitrogens is 1. The number of anilines is 1. The van der Waals surface area contributed by atoms with Gasteiger partial charge in [-0.15, -0.1) is 11.8 Å². The highest BCUT2D eigenvalue weighted by Crippen LogP contribution is 2.37. The van der Waals surface area contributed by atoms with E-state index in [1.54, 1.807) is 30.0 Å². The summed E-state index contributed by atoms with van der Waals surface area (Å²) >= 11 is 3.12. The number of carbonyl (C=O) groups is 1. The fourth-order valence-electron chi connectivity index (χ4n) is 3.05. The molecule has 0 aliphatic rings. The number of rotatable bonds is 6. The second kappa shape index (κ2) is 8.31. The first-order valence-electron chi connectivity index (χ1n) is 9.03. The number of hydrogen-bond donors (Lipinski definition) is 0. The van der Waals surface area contributed by atoms with Crippen molar-refractivity contribution in [3.63, 3.8) is 0 Å². The van der Waals surface area contributed by atoms with Crippen molar-refractivity contribution in [1.82, 2.24) is 4.98 Å². The first-order chi connectivity index (χ1) is 14.1. The molecule has 2 aromatic carbocycles. The highest BCUT2D eigenvalue weighted by atomic mass is 32.2. The van der Waals surface area contributed by atoms with E-state index in [1.807, 2.05) is 61.7 Å². The standard InChI is InChI=1S/C22H20N2O3S2/c1-14-6-11-18(26-2)19-20(14)29-22(23-19)24(13-16-5-4-12-27-16)21(25)15-7-9-17(28-3)10-8-15/h4-12H,13H2,1-3H3. The number of carbonyl (C=O) groups excluding carboxylic acids is 1. The number of benzene rings is 2. The lowest BCUT2D eigenvalue weighted by atomic mass is 10.2. The van der Waals surface area contributed by atoms with E-state index in [0.29, 0.717) is 28.7 Å². The van der Waals surface area contributed by atoms with Crippen LogP contribution in [0.3, 0.4) is 0 Å². The highest BCUT2D eigenvalue weighted by Gasteiger charge is 2.24. The molecule has 0 N–H and O–H groups in total. The molecule has 1 amide bonds. The van der Waals surface area contributed by atoms with E-state index < -0.39 is 0 Å². The Hall–Kier alpha value is -2.77. The average Bonchev–Trinajstić information content (AvgIpc) is 3.42. The Morgan fingerprint density at radius 1 is 1.21 bits per heavy atom. The van der Waals surface area contributed by atoms with Gasteiger partial charge < -0.3 is 9.15 Å². The zero-order valence-corrected chi connectivity index (χ0v) is 18.0. The number of nitrogens with zero attached hydrogens (tertiary/aromatic N) is 2. The van der Waals surface area contributed by atoms with E-state index in [-0.39, 0.29) is 5.91 Å². The second-order valence-electron chi connectivity index (χ2n) is 6.46. The predicted molar refractivity (Wildman–Crippen MR) is 118 cm³/mol. The van der Waals surface area contributed by atoms with Crippen molar-refractivity contribution in [2.45, 2.75) is 18.4 Å². The van der Waals surface area contributed by atoms with E-state index in [2.05, 4.69) is 0 Å². The molecule has 4 rings (SSSR count). The molecule has 0 saturated carbocycles. The van der Waals surface area contributed by atoms with E-state index in [0.717, 1.165) is 20.7 Å². The molecule has 7 heteroatoms. The van der Waals surface area contributed by atoms with Crippen LogP contribution >= 0.6 is 23.1 Å². The summed E-state index contributed by atoms with van der Waals surface area (Å²) in [6.07, 6.45) is 3.62. The topological polar surface area (TPSA) is 55.6 Å². The minimum atomic E-state index is -0.121. The van der Waals surface area contributed by atoms with Crippen LogP contribution in [-0.4, -0.2) is 24.3 Å². The number of furan rings is 1. The lowest BCUT2D eigenvalue weighted by molar-refractivity contribution is 0.0983. The van der Waals surface area contributed by atoms with E-state index in [4.69, 9.17) is 14.1 Å². The van der Waals surface area contributed by atoms with Crippen molar-refractivity contribution < 1.29 is 13.9 Å². The maximum atomic E-state index is 13.4. The van der Waals surface area contributed by atoms with E-state index in [9.17, 15) is 4.79 Å². The van der Waals surface area contributed by atoms with Crippen LogP contribution in [0.25, 0.3) is 10.2 Å². The second-order valence-corrected chi connectivity index (χ2v) is 8.32. The Kier molecular flexibility index (Phi) is 5.60. The predicted octanol–water partition coefficient (Wildman–Crippen LogP) is 5.78. The van der Waals surface area contributed by atoms with Gasteiger partial charge in [0.15, 0.2) is 5.13 Å². The minimum absolute atomic E-state index is 0.121. The van der Waals surface area contributed by atoms with Gasteiger partial charge in [-0.1, -0.05) is 17.4 Å². The summed E-state index contributed by atoms with van der Waals surface area (Å²) in [6.45, 7) is 2.33. The van der Waals surface area contributed by atoms with Gasteiger partial charge in [-0.3, -0.25) is 9.69 Å². The number of aryl methyl sites for hydroxylation is 1. The molecule has 0 unspecified atom stereocenters. The molecule has 0 saturated heterocycles. The monoisotopic (exact) mass is 424 g/mol. The lowest BCUT2D eigenvalue weighted by Crippen LogP contribution is -2.30. The number of methoxy groups -OCH3 is 1. The number of thioether (sulfide) groups is 1. The van der Waals surface area contributed by atoms with Crippen LogP contribution < -0.4 is 9.64 Å². The first kappa shape index (κ1) is 19.5. The lowest BCUT2D eigenvalue weighted by Gasteiger charge is -2.19. The van der Waals surface area contributed by atoms with E-state index >= 15 is 0 Å². The highest BCUT2D eigenvalue weighted by molar-refractivity contribution is 7.98. The quantitative estimate of drug-likeness (QED) is 0.368. The summed E-state index contributed by atoms with van der Waals surface area (Å²) in [5.41, 5.74) is 2.47. The van der Waals surface area contributed by atoms with Crippen molar-refractivity contribution in [2.75, 3.05) is 18.3 Å². The third-order valence-corrected chi connectivity index (χ3v) is 6.58. The SMILES string of the molecule is COc1ccc(C)c2sc(N(Cc3ccco3)C(=O)c3ccc(SC)cc3)nc12. The zero-order valence-electron chi connectivity index (χ0n) is 16.3. The minimum Gasteiger partial charge on any atom is -0.494 e. The van der Waals surface area contributed by atoms with Crippen LogP contribution in [-0.2, 0) is 6.54 Å². The summed E-state index contributed by atoms with van der Waals surface area (Å²) in [4.78, 5) is 20.9. The Labute approximate surface area is 177 Å². The number of amides is 1. The molecule has 0 atom stereocenters. The van der Waals surface area contributed by atoms with Crippen molar-refractivity contribution in [3.05, 3.63) is 71.7 Å². The summed E-state index contributed by atoms with van der Waals surface area (Å²) in [5, 5.41) is 0.614. The molecule has 148 valence electrons. The molecule has 2 heterocycles. The van der Waals surface area contributed by atoms with Gasteiger partial charge in [0, 0.05) is 10.5 Å².